The molecule has 0 radical (unpaired) electrons. The highest BCUT2D eigenvalue weighted by Crippen LogP contribution is 2.32. The van der Waals surface area contributed by atoms with E-state index in [0.29, 0.717) is 30.0 Å². The summed E-state index contributed by atoms with van der Waals surface area (Å²) in [5.41, 5.74) is 3.33. The van der Waals surface area contributed by atoms with E-state index in [0.717, 1.165) is 23.2 Å². The van der Waals surface area contributed by atoms with Crippen LogP contribution in [0.2, 0.25) is 0 Å². The van der Waals surface area contributed by atoms with Gasteiger partial charge in [0, 0.05) is 35.4 Å². The largest absolute Gasteiger partial charge is 0.497 e. The monoisotopic (exact) mass is 535 g/mol. The standard InChI is InChI=1S/C29H33N3O5S/c1-29(2,3)31-38(35,36)25-14-5-20(6-15-25)7-16-27(33)30-23-11-8-21-17-18-32(26(21)19-23)28(34)22-9-12-24(37-4)13-10-22/h5-6,8-15,19,31H,7,16-18H2,1-4H3,(H,30,33). The molecule has 38 heavy (non-hydrogen) atoms. The van der Waals surface area contributed by atoms with Crippen LogP contribution in [0.25, 0.3) is 0 Å². The third-order valence-corrected chi connectivity index (χ3v) is 7.94. The molecule has 3 aromatic rings. The van der Waals surface area contributed by atoms with Gasteiger partial charge in [-0.25, -0.2) is 13.1 Å². The number of amides is 2. The van der Waals surface area contributed by atoms with Crippen molar-refractivity contribution in [3.8, 4) is 5.75 Å². The number of hydrogen-bond acceptors (Lipinski definition) is 5. The molecule has 1 heterocycles. The van der Waals surface area contributed by atoms with Gasteiger partial charge < -0.3 is 15.0 Å². The zero-order chi connectivity index (χ0) is 27.5. The summed E-state index contributed by atoms with van der Waals surface area (Å²) in [4.78, 5) is 27.7. The number of aryl methyl sites for hydroxylation is 1. The topological polar surface area (TPSA) is 105 Å². The van der Waals surface area contributed by atoms with Crippen molar-refractivity contribution in [1.29, 1.82) is 0 Å². The second-order valence-electron chi connectivity index (χ2n) is 10.3. The predicted molar refractivity (Wildman–Crippen MR) is 148 cm³/mol. The number of carbonyl (C=O) groups is 2. The summed E-state index contributed by atoms with van der Waals surface area (Å²) < 4.78 is 32.8. The maximum absolute atomic E-state index is 13.1. The third kappa shape index (κ3) is 6.59. The number of carbonyl (C=O) groups excluding carboxylic acids is 2. The van der Waals surface area contributed by atoms with Gasteiger partial charge in [0.15, 0.2) is 0 Å². The SMILES string of the molecule is COc1ccc(C(=O)N2CCc3ccc(NC(=O)CCc4ccc(S(=O)(=O)NC(C)(C)C)cc4)cc32)cc1. The van der Waals surface area contributed by atoms with Gasteiger partial charge in [-0.15, -0.1) is 0 Å². The Balaban J connectivity index is 1.37. The molecule has 0 unspecified atom stereocenters. The molecule has 200 valence electrons. The van der Waals surface area contributed by atoms with E-state index in [2.05, 4.69) is 10.0 Å². The lowest BCUT2D eigenvalue weighted by Crippen LogP contribution is -2.40. The fraction of sp³-hybridized carbons (Fsp3) is 0.310. The molecule has 0 aliphatic carbocycles. The lowest BCUT2D eigenvalue weighted by atomic mass is 10.1. The molecule has 3 aromatic carbocycles. The van der Waals surface area contributed by atoms with Crippen molar-refractivity contribution in [2.24, 2.45) is 0 Å². The summed E-state index contributed by atoms with van der Waals surface area (Å²) in [5, 5.41) is 2.92. The molecular formula is C29H33N3O5S. The average molecular weight is 536 g/mol. The first-order valence-corrected chi connectivity index (χ1v) is 14.0. The second-order valence-corrected chi connectivity index (χ2v) is 12.0. The normalized spacial score (nSPS) is 13.2. The number of nitrogens with one attached hydrogen (secondary N) is 2. The Morgan fingerprint density at radius 2 is 1.66 bits per heavy atom. The van der Waals surface area contributed by atoms with Crippen LogP contribution in [-0.2, 0) is 27.7 Å². The number of hydrogen-bond donors (Lipinski definition) is 2. The van der Waals surface area contributed by atoms with E-state index >= 15 is 0 Å². The highest BCUT2D eigenvalue weighted by atomic mass is 32.2. The van der Waals surface area contributed by atoms with E-state index < -0.39 is 15.6 Å². The van der Waals surface area contributed by atoms with E-state index in [1.54, 1.807) is 81.3 Å². The van der Waals surface area contributed by atoms with Crippen molar-refractivity contribution in [3.63, 3.8) is 0 Å². The molecule has 4 rings (SSSR count). The van der Waals surface area contributed by atoms with Crippen LogP contribution in [-0.4, -0.2) is 39.4 Å². The molecule has 0 saturated heterocycles. The van der Waals surface area contributed by atoms with E-state index in [1.807, 2.05) is 18.2 Å². The molecule has 9 heteroatoms. The molecule has 0 spiro atoms. The minimum atomic E-state index is -3.61. The van der Waals surface area contributed by atoms with Crippen molar-refractivity contribution < 1.29 is 22.7 Å². The van der Waals surface area contributed by atoms with Gasteiger partial charge in [-0.05, 0) is 93.3 Å². The van der Waals surface area contributed by atoms with Gasteiger partial charge in [-0.3, -0.25) is 9.59 Å². The number of anilines is 2. The van der Waals surface area contributed by atoms with Crippen molar-refractivity contribution in [3.05, 3.63) is 83.4 Å². The Bertz CT molecular complexity index is 1430. The Labute approximate surface area is 224 Å². The quantitative estimate of drug-likeness (QED) is 0.441. The molecule has 8 nitrogen and oxygen atoms in total. The molecule has 0 aromatic heterocycles. The van der Waals surface area contributed by atoms with Crippen LogP contribution in [0.4, 0.5) is 11.4 Å². The zero-order valence-corrected chi connectivity index (χ0v) is 22.9. The lowest BCUT2D eigenvalue weighted by Gasteiger charge is -2.20. The molecule has 0 fully saturated rings. The first-order chi connectivity index (χ1) is 17.9. The minimum Gasteiger partial charge on any atom is -0.497 e. The Morgan fingerprint density at radius 3 is 2.29 bits per heavy atom. The molecular weight excluding hydrogens is 502 g/mol. The molecule has 0 bridgehead atoms. The summed E-state index contributed by atoms with van der Waals surface area (Å²) in [6.07, 6.45) is 1.45. The van der Waals surface area contributed by atoms with E-state index in [4.69, 9.17) is 4.74 Å². The zero-order valence-electron chi connectivity index (χ0n) is 22.1. The smallest absolute Gasteiger partial charge is 0.258 e. The van der Waals surface area contributed by atoms with Crippen LogP contribution in [0, 0.1) is 0 Å². The van der Waals surface area contributed by atoms with Crippen LogP contribution < -0.4 is 19.7 Å². The maximum atomic E-state index is 13.1. The number of fused-ring (bicyclic) bond motifs is 1. The van der Waals surface area contributed by atoms with Gasteiger partial charge in [0.05, 0.1) is 12.0 Å². The predicted octanol–water partition coefficient (Wildman–Crippen LogP) is 4.55. The fourth-order valence-electron chi connectivity index (χ4n) is 4.34. The highest BCUT2D eigenvalue weighted by Gasteiger charge is 2.26. The summed E-state index contributed by atoms with van der Waals surface area (Å²) in [6.45, 7) is 5.94. The van der Waals surface area contributed by atoms with Crippen LogP contribution >= 0.6 is 0 Å². The van der Waals surface area contributed by atoms with Gasteiger partial charge in [0.1, 0.15) is 5.75 Å². The van der Waals surface area contributed by atoms with Gasteiger partial charge in [-0.1, -0.05) is 18.2 Å². The van der Waals surface area contributed by atoms with E-state index in [1.165, 1.54) is 0 Å². The Morgan fingerprint density at radius 1 is 0.974 bits per heavy atom. The van der Waals surface area contributed by atoms with Gasteiger partial charge in [-0.2, -0.15) is 0 Å². The number of methoxy groups -OCH3 is 1. The van der Waals surface area contributed by atoms with Crippen molar-refractivity contribution in [2.75, 3.05) is 23.9 Å². The van der Waals surface area contributed by atoms with Crippen LogP contribution in [0.15, 0.2) is 71.6 Å². The molecule has 0 atom stereocenters. The maximum Gasteiger partial charge on any atom is 0.258 e. The number of rotatable bonds is 8. The highest BCUT2D eigenvalue weighted by molar-refractivity contribution is 7.89. The average Bonchev–Trinajstić information content (AvgIpc) is 3.29. The minimum absolute atomic E-state index is 0.0990. The number of ether oxygens (including phenoxy) is 1. The Hall–Kier alpha value is -3.69. The van der Waals surface area contributed by atoms with Crippen LogP contribution in [0.5, 0.6) is 5.75 Å². The Kier molecular flexibility index (Phi) is 7.89. The van der Waals surface area contributed by atoms with Gasteiger partial charge in [0.2, 0.25) is 15.9 Å². The molecule has 1 aliphatic heterocycles. The van der Waals surface area contributed by atoms with Gasteiger partial charge in [0.25, 0.3) is 5.91 Å². The third-order valence-electron chi connectivity index (χ3n) is 6.16. The van der Waals surface area contributed by atoms with Crippen molar-refractivity contribution in [1.82, 2.24) is 4.72 Å². The summed E-state index contributed by atoms with van der Waals surface area (Å²) in [7, 11) is -2.02. The van der Waals surface area contributed by atoms with Crippen LogP contribution in [0.3, 0.4) is 0 Å². The number of nitrogens with zero attached hydrogens (tertiary/aromatic N) is 1. The molecule has 0 saturated carbocycles. The molecule has 2 N–H and O–H groups in total. The van der Waals surface area contributed by atoms with E-state index in [-0.39, 0.29) is 23.1 Å². The molecule has 2 amide bonds. The van der Waals surface area contributed by atoms with Crippen molar-refractivity contribution >= 4 is 33.2 Å². The molecule has 1 aliphatic rings. The first kappa shape index (κ1) is 27.3. The summed E-state index contributed by atoms with van der Waals surface area (Å²) >= 11 is 0. The first-order valence-electron chi connectivity index (χ1n) is 12.5. The summed E-state index contributed by atoms with van der Waals surface area (Å²) in [6, 6.07) is 19.2. The summed E-state index contributed by atoms with van der Waals surface area (Å²) in [5.74, 6) is 0.423. The number of sulfonamides is 1. The van der Waals surface area contributed by atoms with Crippen molar-refractivity contribution in [2.45, 2.75) is 50.5 Å². The van der Waals surface area contributed by atoms with Crippen LogP contribution in [0.1, 0.15) is 48.7 Å². The number of benzene rings is 3. The van der Waals surface area contributed by atoms with Gasteiger partial charge >= 0.3 is 0 Å². The van der Waals surface area contributed by atoms with E-state index in [9.17, 15) is 18.0 Å². The fourth-order valence-corrected chi connectivity index (χ4v) is 5.75. The second kappa shape index (κ2) is 11.0. The lowest BCUT2D eigenvalue weighted by molar-refractivity contribution is -0.116.